The number of imidazole rings is 1. The Hall–Kier alpha value is -2.39. The Bertz CT molecular complexity index is 909. The van der Waals surface area contributed by atoms with Gasteiger partial charge in [0.15, 0.2) is 0 Å². The molecule has 0 saturated heterocycles. The first-order chi connectivity index (χ1) is 10.7. The molecule has 108 valence electrons. The Morgan fingerprint density at radius 1 is 0.864 bits per heavy atom. The van der Waals surface area contributed by atoms with Crippen LogP contribution in [0.15, 0.2) is 54.6 Å². The lowest BCUT2D eigenvalue weighted by molar-refractivity contribution is 1.35. The summed E-state index contributed by atoms with van der Waals surface area (Å²) in [7, 11) is 0. The molecule has 2 heterocycles. The highest BCUT2D eigenvalue weighted by Gasteiger charge is 2.10. The van der Waals surface area contributed by atoms with Gasteiger partial charge in [-0.1, -0.05) is 30.3 Å². The van der Waals surface area contributed by atoms with Crippen LogP contribution in [0.2, 0.25) is 0 Å². The maximum absolute atomic E-state index is 4.75. The second-order valence-electron chi connectivity index (χ2n) is 5.57. The molecular formula is C19H16N2S. The molecule has 1 N–H and O–H groups in total. The molecule has 0 aliphatic rings. The van der Waals surface area contributed by atoms with Gasteiger partial charge in [-0.3, -0.25) is 0 Å². The van der Waals surface area contributed by atoms with E-state index in [1.165, 1.54) is 26.4 Å². The SMILES string of the molecule is Cc1cc2nc(-c3ccc(-c4ccccc4)s3)[nH]c2cc1C. The van der Waals surface area contributed by atoms with Gasteiger partial charge in [-0.05, 0) is 54.8 Å². The lowest BCUT2D eigenvalue weighted by atomic mass is 10.1. The fourth-order valence-electron chi connectivity index (χ4n) is 2.61. The summed E-state index contributed by atoms with van der Waals surface area (Å²) >= 11 is 1.77. The molecule has 4 rings (SSSR count). The molecule has 0 bridgehead atoms. The molecule has 0 fully saturated rings. The van der Waals surface area contributed by atoms with Crippen molar-refractivity contribution < 1.29 is 0 Å². The summed E-state index contributed by atoms with van der Waals surface area (Å²) in [4.78, 5) is 10.6. The van der Waals surface area contributed by atoms with E-state index in [-0.39, 0.29) is 0 Å². The average Bonchev–Trinajstić information content (AvgIpc) is 3.15. The van der Waals surface area contributed by atoms with Crippen LogP contribution in [-0.2, 0) is 0 Å². The molecule has 0 saturated carbocycles. The summed E-state index contributed by atoms with van der Waals surface area (Å²) in [5, 5.41) is 0. The first kappa shape index (κ1) is 13.3. The number of thiophene rings is 1. The minimum Gasteiger partial charge on any atom is -0.337 e. The van der Waals surface area contributed by atoms with E-state index in [4.69, 9.17) is 4.98 Å². The average molecular weight is 304 g/mol. The van der Waals surface area contributed by atoms with Gasteiger partial charge < -0.3 is 4.98 Å². The summed E-state index contributed by atoms with van der Waals surface area (Å²) in [5.74, 6) is 0.951. The summed E-state index contributed by atoms with van der Waals surface area (Å²) < 4.78 is 0. The van der Waals surface area contributed by atoms with Gasteiger partial charge in [-0.15, -0.1) is 11.3 Å². The highest BCUT2D eigenvalue weighted by atomic mass is 32.1. The van der Waals surface area contributed by atoms with Gasteiger partial charge in [0.25, 0.3) is 0 Å². The fourth-order valence-corrected chi connectivity index (χ4v) is 3.57. The van der Waals surface area contributed by atoms with Crippen molar-refractivity contribution in [3.63, 3.8) is 0 Å². The van der Waals surface area contributed by atoms with Gasteiger partial charge in [-0.25, -0.2) is 4.98 Å². The number of aromatic nitrogens is 2. The van der Waals surface area contributed by atoms with Crippen molar-refractivity contribution in [3.05, 3.63) is 65.7 Å². The zero-order valence-corrected chi connectivity index (χ0v) is 13.4. The van der Waals surface area contributed by atoms with Gasteiger partial charge in [0.2, 0.25) is 0 Å². The lowest BCUT2D eigenvalue weighted by Crippen LogP contribution is -1.79. The molecular weight excluding hydrogens is 288 g/mol. The number of benzene rings is 2. The van der Waals surface area contributed by atoms with E-state index >= 15 is 0 Å². The van der Waals surface area contributed by atoms with Crippen LogP contribution in [0.25, 0.3) is 32.2 Å². The van der Waals surface area contributed by atoms with Crippen LogP contribution in [0, 0.1) is 13.8 Å². The Kier molecular flexibility index (Phi) is 3.09. The van der Waals surface area contributed by atoms with Crippen LogP contribution in [0.5, 0.6) is 0 Å². The number of nitrogens with zero attached hydrogens (tertiary/aromatic N) is 1. The smallest absolute Gasteiger partial charge is 0.148 e. The van der Waals surface area contributed by atoms with E-state index in [0.29, 0.717) is 0 Å². The van der Waals surface area contributed by atoms with E-state index in [0.717, 1.165) is 16.9 Å². The number of hydrogen-bond acceptors (Lipinski definition) is 2. The zero-order valence-electron chi connectivity index (χ0n) is 12.6. The number of rotatable bonds is 2. The number of fused-ring (bicyclic) bond motifs is 1. The van der Waals surface area contributed by atoms with E-state index in [1.807, 2.05) is 6.07 Å². The molecule has 0 amide bonds. The molecule has 3 heteroatoms. The molecule has 0 spiro atoms. The highest BCUT2D eigenvalue weighted by Crippen LogP contribution is 2.34. The third kappa shape index (κ3) is 2.24. The molecule has 0 unspecified atom stereocenters. The van der Waals surface area contributed by atoms with Crippen molar-refractivity contribution in [2.75, 3.05) is 0 Å². The molecule has 2 nitrogen and oxygen atoms in total. The zero-order chi connectivity index (χ0) is 15.1. The maximum atomic E-state index is 4.75. The number of H-pyrrole nitrogens is 1. The largest absolute Gasteiger partial charge is 0.337 e. The Balaban J connectivity index is 1.78. The monoisotopic (exact) mass is 304 g/mol. The van der Waals surface area contributed by atoms with Crippen molar-refractivity contribution in [1.82, 2.24) is 9.97 Å². The molecule has 2 aromatic carbocycles. The van der Waals surface area contributed by atoms with Crippen molar-refractivity contribution in [3.8, 4) is 21.1 Å². The van der Waals surface area contributed by atoms with Crippen molar-refractivity contribution >= 4 is 22.4 Å². The molecule has 0 aliphatic carbocycles. The van der Waals surface area contributed by atoms with Gasteiger partial charge in [-0.2, -0.15) is 0 Å². The highest BCUT2D eigenvalue weighted by molar-refractivity contribution is 7.18. The molecule has 2 aromatic heterocycles. The predicted octanol–water partition coefficient (Wildman–Crippen LogP) is 5.58. The van der Waals surface area contributed by atoms with Gasteiger partial charge in [0.05, 0.1) is 15.9 Å². The summed E-state index contributed by atoms with van der Waals surface area (Å²) in [6, 6.07) is 19.1. The summed E-state index contributed by atoms with van der Waals surface area (Å²) in [5.41, 5.74) is 5.96. The van der Waals surface area contributed by atoms with Crippen molar-refractivity contribution in [2.45, 2.75) is 13.8 Å². The fraction of sp³-hybridized carbons (Fsp3) is 0.105. The second kappa shape index (κ2) is 5.11. The number of hydrogen-bond donors (Lipinski definition) is 1. The molecule has 0 radical (unpaired) electrons. The van der Waals surface area contributed by atoms with Gasteiger partial charge >= 0.3 is 0 Å². The van der Waals surface area contributed by atoms with Crippen LogP contribution >= 0.6 is 11.3 Å². The van der Waals surface area contributed by atoms with Crippen LogP contribution in [-0.4, -0.2) is 9.97 Å². The van der Waals surface area contributed by atoms with Gasteiger partial charge in [0, 0.05) is 4.88 Å². The Morgan fingerprint density at radius 3 is 2.41 bits per heavy atom. The van der Waals surface area contributed by atoms with Crippen LogP contribution in [0.1, 0.15) is 11.1 Å². The predicted molar refractivity (Wildman–Crippen MR) is 94.3 cm³/mol. The first-order valence-electron chi connectivity index (χ1n) is 7.33. The first-order valence-corrected chi connectivity index (χ1v) is 8.15. The Morgan fingerprint density at radius 2 is 1.59 bits per heavy atom. The van der Waals surface area contributed by atoms with E-state index in [1.54, 1.807) is 11.3 Å². The van der Waals surface area contributed by atoms with E-state index in [2.05, 4.69) is 67.4 Å². The number of aryl methyl sites for hydroxylation is 2. The number of nitrogens with one attached hydrogen (secondary N) is 1. The van der Waals surface area contributed by atoms with Crippen LogP contribution < -0.4 is 0 Å². The topological polar surface area (TPSA) is 28.7 Å². The van der Waals surface area contributed by atoms with Crippen LogP contribution in [0.3, 0.4) is 0 Å². The van der Waals surface area contributed by atoms with E-state index in [9.17, 15) is 0 Å². The molecule has 0 aliphatic heterocycles. The lowest BCUT2D eigenvalue weighted by Gasteiger charge is -1.97. The van der Waals surface area contributed by atoms with Crippen molar-refractivity contribution in [1.29, 1.82) is 0 Å². The van der Waals surface area contributed by atoms with Crippen LogP contribution in [0.4, 0.5) is 0 Å². The quantitative estimate of drug-likeness (QED) is 0.515. The van der Waals surface area contributed by atoms with Gasteiger partial charge in [0.1, 0.15) is 5.82 Å². The summed E-state index contributed by atoms with van der Waals surface area (Å²) in [6.07, 6.45) is 0. The third-order valence-corrected chi connectivity index (χ3v) is 5.14. The minimum absolute atomic E-state index is 0.951. The van der Waals surface area contributed by atoms with Crippen molar-refractivity contribution in [2.24, 2.45) is 0 Å². The molecule has 4 aromatic rings. The molecule has 22 heavy (non-hydrogen) atoms. The standard InChI is InChI=1S/C19H16N2S/c1-12-10-15-16(11-13(12)2)21-19(20-15)18-9-8-17(22-18)14-6-4-3-5-7-14/h3-11H,1-2H3,(H,20,21). The second-order valence-corrected chi connectivity index (χ2v) is 6.65. The normalized spacial score (nSPS) is 11.2. The Labute approximate surface area is 133 Å². The van der Waals surface area contributed by atoms with E-state index < -0.39 is 0 Å². The summed E-state index contributed by atoms with van der Waals surface area (Å²) in [6.45, 7) is 4.26. The maximum Gasteiger partial charge on any atom is 0.148 e. The third-order valence-electron chi connectivity index (χ3n) is 4.00. The molecule has 0 atom stereocenters. The minimum atomic E-state index is 0.951. The number of aromatic amines is 1.